The van der Waals surface area contributed by atoms with Gasteiger partial charge in [0.15, 0.2) is 6.33 Å². The molecule has 0 amide bonds. The van der Waals surface area contributed by atoms with Crippen LogP contribution in [0.1, 0.15) is 29.8 Å². The van der Waals surface area contributed by atoms with E-state index < -0.39 is 0 Å². The van der Waals surface area contributed by atoms with Crippen LogP contribution in [0.2, 0.25) is 10.2 Å². The van der Waals surface area contributed by atoms with Crippen LogP contribution >= 0.6 is 23.2 Å². The third kappa shape index (κ3) is 4.84. The van der Waals surface area contributed by atoms with E-state index in [1.165, 1.54) is 6.33 Å². The number of imidazole rings is 1. The molecule has 0 saturated carbocycles. The fraction of sp³-hybridized carbons (Fsp3) is 0.174. The van der Waals surface area contributed by atoms with Crippen LogP contribution in [-0.2, 0) is 6.42 Å². The van der Waals surface area contributed by atoms with Crippen molar-refractivity contribution in [2.45, 2.75) is 25.8 Å². The molecule has 5 heterocycles. The minimum atomic E-state index is -0.234. The van der Waals surface area contributed by atoms with E-state index in [2.05, 4.69) is 30.6 Å². The van der Waals surface area contributed by atoms with Crippen LogP contribution in [0.4, 0.5) is 0 Å². The van der Waals surface area contributed by atoms with Gasteiger partial charge in [0.25, 0.3) is 5.56 Å². The van der Waals surface area contributed by atoms with Gasteiger partial charge >= 0.3 is 0 Å². The minimum absolute atomic E-state index is 0.119. The summed E-state index contributed by atoms with van der Waals surface area (Å²) >= 11 is 12.5. The van der Waals surface area contributed by atoms with Gasteiger partial charge in [-0.15, -0.1) is 10.2 Å². The topological polar surface area (TPSA) is 131 Å². The Morgan fingerprint density at radius 1 is 1.09 bits per heavy atom. The Labute approximate surface area is 209 Å². The molecule has 0 aliphatic carbocycles. The number of rotatable bonds is 3. The average molecular weight is 508 g/mol. The number of H-pyrrole nitrogens is 2. The van der Waals surface area contributed by atoms with Gasteiger partial charge in [0.05, 0.1) is 11.7 Å². The van der Waals surface area contributed by atoms with Crippen molar-refractivity contribution in [1.82, 2.24) is 45.1 Å². The lowest BCUT2D eigenvalue weighted by molar-refractivity contribution is 0.568. The summed E-state index contributed by atoms with van der Waals surface area (Å²) in [5.41, 5.74) is 3.75. The van der Waals surface area contributed by atoms with Crippen molar-refractivity contribution >= 4 is 23.2 Å². The maximum atomic E-state index is 13.0. The molecule has 10 nitrogen and oxygen atoms in total. The van der Waals surface area contributed by atoms with Crippen molar-refractivity contribution in [2.75, 3.05) is 0 Å². The van der Waals surface area contributed by atoms with Gasteiger partial charge in [-0.3, -0.25) is 14.3 Å². The number of hydrogen-bond acceptors (Lipinski definition) is 7. The smallest absolute Gasteiger partial charge is 0.254 e. The lowest BCUT2D eigenvalue weighted by atomic mass is 10.1. The van der Waals surface area contributed by atoms with Crippen molar-refractivity contribution in [2.24, 2.45) is 0 Å². The molecule has 0 fully saturated rings. The predicted octanol–water partition coefficient (Wildman–Crippen LogP) is 4.05. The van der Waals surface area contributed by atoms with E-state index in [1.807, 2.05) is 37.3 Å². The maximum absolute atomic E-state index is 13.0. The van der Waals surface area contributed by atoms with Crippen LogP contribution in [0.3, 0.4) is 0 Å². The number of tetrazole rings is 1. The van der Waals surface area contributed by atoms with Crippen LogP contribution in [0.15, 0.2) is 59.8 Å². The summed E-state index contributed by atoms with van der Waals surface area (Å²) in [7, 11) is 0. The highest BCUT2D eigenvalue weighted by molar-refractivity contribution is 6.32. The molecule has 12 heteroatoms. The number of nitrogens with zero attached hydrogens (tertiary/aromatic N) is 7. The zero-order valence-electron chi connectivity index (χ0n) is 18.5. The second-order valence-electron chi connectivity index (χ2n) is 7.86. The quantitative estimate of drug-likeness (QED) is 0.376. The van der Waals surface area contributed by atoms with E-state index in [-0.39, 0.29) is 11.6 Å². The number of aromatic amines is 2. The number of pyridine rings is 1. The molecular formula is C23H19Cl2N9O. The zero-order chi connectivity index (χ0) is 24.4. The van der Waals surface area contributed by atoms with E-state index >= 15 is 0 Å². The normalized spacial score (nSPS) is 14.3. The van der Waals surface area contributed by atoms with Crippen LogP contribution < -0.4 is 5.56 Å². The number of aromatic nitrogens is 9. The van der Waals surface area contributed by atoms with Crippen LogP contribution in [-0.4, -0.2) is 45.1 Å². The highest BCUT2D eigenvalue weighted by Crippen LogP contribution is 2.33. The van der Waals surface area contributed by atoms with E-state index in [0.717, 1.165) is 29.1 Å². The van der Waals surface area contributed by atoms with Gasteiger partial charge in [-0.05, 0) is 37.6 Å². The van der Waals surface area contributed by atoms with Crippen molar-refractivity contribution < 1.29 is 0 Å². The molecule has 1 atom stereocenters. The van der Waals surface area contributed by atoms with E-state index in [4.69, 9.17) is 33.2 Å². The summed E-state index contributed by atoms with van der Waals surface area (Å²) in [4.78, 5) is 29.8. The van der Waals surface area contributed by atoms with Gasteiger partial charge in [0.2, 0.25) is 0 Å². The number of fused-ring (bicyclic) bond motifs is 1. The third-order valence-electron chi connectivity index (χ3n) is 5.53. The van der Waals surface area contributed by atoms with E-state index in [9.17, 15) is 4.79 Å². The molecule has 1 unspecified atom stereocenters. The Bertz CT molecular complexity index is 1510. The molecule has 1 aromatic carbocycles. The van der Waals surface area contributed by atoms with Crippen molar-refractivity contribution in [3.05, 3.63) is 92.9 Å². The molecule has 0 radical (unpaired) electrons. The maximum Gasteiger partial charge on any atom is 0.254 e. The average Bonchev–Trinajstić information content (AvgIpc) is 3.61. The Morgan fingerprint density at radius 3 is 2.69 bits per heavy atom. The molecular weight excluding hydrogens is 489 g/mol. The molecule has 0 saturated heterocycles. The van der Waals surface area contributed by atoms with Crippen molar-refractivity contribution in [3.63, 3.8) is 0 Å². The lowest BCUT2D eigenvalue weighted by Crippen LogP contribution is -2.25. The number of nitrogens with one attached hydrogen (secondary N) is 2. The molecule has 0 spiro atoms. The Balaban J connectivity index is 0.000000453. The Morgan fingerprint density at radius 2 is 1.97 bits per heavy atom. The fourth-order valence-electron chi connectivity index (χ4n) is 4.04. The molecule has 35 heavy (non-hydrogen) atoms. The standard InChI is InChI=1S/C22H17Cl2N5O.CH2N4/c1-12-9-14(7-8-25-12)20-21(24)28-22(27-20)17-5-6-18-26-16(11-19(30)29(17)18)13-3-2-4-15(23)10-13;1-2-4-5-3-1/h2-4,7-11,17H,5-6H2,1H3,(H,27,28);1H,(H,2,3,4,5). The van der Waals surface area contributed by atoms with E-state index in [1.54, 1.807) is 22.9 Å². The second-order valence-corrected chi connectivity index (χ2v) is 8.68. The van der Waals surface area contributed by atoms with E-state index in [0.29, 0.717) is 33.8 Å². The van der Waals surface area contributed by atoms with Gasteiger partial charge in [-0.2, -0.15) is 5.21 Å². The van der Waals surface area contributed by atoms with Gasteiger partial charge in [-0.25, -0.2) is 9.97 Å². The van der Waals surface area contributed by atoms with Crippen LogP contribution in [0.25, 0.3) is 22.5 Å². The van der Waals surface area contributed by atoms with Gasteiger partial charge < -0.3 is 4.98 Å². The first kappa shape index (κ1) is 22.9. The van der Waals surface area contributed by atoms with Crippen molar-refractivity contribution in [1.29, 1.82) is 0 Å². The molecule has 5 aromatic rings. The Hall–Kier alpha value is -3.89. The van der Waals surface area contributed by atoms with Crippen LogP contribution in [0, 0.1) is 6.92 Å². The highest BCUT2D eigenvalue weighted by atomic mass is 35.5. The van der Waals surface area contributed by atoms with Gasteiger partial charge in [0, 0.05) is 40.5 Å². The predicted molar refractivity (Wildman–Crippen MR) is 131 cm³/mol. The lowest BCUT2D eigenvalue weighted by Gasteiger charge is -2.12. The summed E-state index contributed by atoms with van der Waals surface area (Å²) in [5, 5.41) is 13.2. The molecule has 0 bridgehead atoms. The third-order valence-corrected chi connectivity index (χ3v) is 6.04. The molecule has 6 rings (SSSR count). The van der Waals surface area contributed by atoms with Crippen molar-refractivity contribution in [3.8, 4) is 22.5 Å². The summed E-state index contributed by atoms with van der Waals surface area (Å²) < 4.78 is 1.70. The molecule has 2 N–H and O–H groups in total. The summed E-state index contributed by atoms with van der Waals surface area (Å²) in [5.74, 6) is 1.39. The monoisotopic (exact) mass is 507 g/mol. The number of halogens is 2. The van der Waals surface area contributed by atoms with Crippen LogP contribution in [0.5, 0.6) is 0 Å². The zero-order valence-corrected chi connectivity index (χ0v) is 20.0. The van der Waals surface area contributed by atoms with Gasteiger partial charge in [0.1, 0.15) is 22.5 Å². The molecule has 1 aliphatic rings. The first-order chi connectivity index (χ1) is 17.0. The Kier molecular flexibility index (Phi) is 6.39. The second kappa shape index (κ2) is 9.77. The summed E-state index contributed by atoms with van der Waals surface area (Å²) in [6, 6.07) is 12.5. The summed E-state index contributed by atoms with van der Waals surface area (Å²) in [6.45, 7) is 1.92. The number of aryl methyl sites for hydroxylation is 2. The van der Waals surface area contributed by atoms with Gasteiger partial charge in [-0.1, -0.05) is 40.5 Å². The minimum Gasteiger partial charge on any atom is -0.331 e. The first-order valence-electron chi connectivity index (χ1n) is 10.7. The first-order valence-corrected chi connectivity index (χ1v) is 11.5. The molecule has 4 aromatic heterocycles. The highest BCUT2D eigenvalue weighted by Gasteiger charge is 2.29. The largest absolute Gasteiger partial charge is 0.331 e. The summed E-state index contributed by atoms with van der Waals surface area (Å²) in [6.07, 6.45) is 4.46. The SMILES string of the molecule is Cc1cc(-c2nc(C3CCc4nc(-c5cccc(Cl)c5)cc(=O)n43)[nH]c2Cl)ccn1.c1nn[nH]n1. The molecule has 1 aliphatic heterocycles. The number of benzene rings is 1. The molecule has 176 valence electrons. The fourth-order valence-corrected chi connectivity index (χ4v) is 4.48. The number of hydrogen-bond donors (Lipinski definition) is 2.